The molecule has 2 rings (SSSR count). The van der Waals surface area contributed by atoms with Crippen LogP contribution in [0.5, 0.6) is 0 Å². The first-order valence-corrected chi connectivity index (χ1v) is 9.46. The molecule has 7 heteroatoms. The van der Waals surface area contributed by atoms with E-state index in [9.17, 15) is 8.42 Å². The van der Waals surface area contributed by atoms with E-state index in [0.29, 0.717) is 24.5 Å². The third-order valence-electron chi connectivity index (χ3n) is 3.71. The average Bonchev–Trinajstić information content (AvgIpc) is 2.53. The fraction of sp³-hybridized carbons (Fsp3) is 0.412. The van der Waals surface area contributed by atoms with E-state index >= 15 is 0 Å². The van der Waals surface area contributed by atoms with Gasteiger partial charge in [0.15, 0.2) is 0 Å². The van der Waals surface area contributed by atoms with Gasteiger partial charge in [0.25, 0.3) is 0 Å². The van der Waals surface area contributed by atoms with Gasteiger partial charge < -0.3 is 5.32 Å². The van der Waals surface area contributed by atoms with Crippen molar-refractivity contribution in [3.8, 4) is 0 Å². The highest BCUT2D eigenvalue weighted by molar-refractivity contribution is 7.89. The maximum Gasteiger partial charge on any atom is 0.243 e. The Morgan fingerprint density at radius 1 is 1.04 bits per heavy atom. The molecule has 1 N–H and O–H groups in total. The fourth-order valence-corrected chi connectivity index (χ4v) is 3.95. The van der Waals surface area contributed by atoms with Gasteiger partial charge in [-0.2, -0.15) is 4.31 Å². The molecule has 0 aliphatic heterocycles. The van der Waals surface area contributed by atoms with Crippen LogP contribution in [0.3, 0.4) is 0 Å². The molecule has 0 atom stereocenters. The summed E-state index contributed by atoms with van der Waals surface area (Å²) in [4.78, 5) is 8.89. The molecule has 24 heavy (non-hydrogen) atoms. The summed E-state index contributed by atoms with van der Waals surface area (Å²) >= 11 is 0. The van der Waals surface area contributed by atoms with Crippen LogP contribution in [0, 0.1) is 13.8 Å². The molecular weight excluding hydrogens is 324 g/mol. The standard InChI is InChI=1S/C17H24N4O2S/c1-5-21(6-2)24(22,23)16-9-7-15(8-10-16)12-18-17-11-13(3)19-14(4)20-17/h7-11H,5-6,12H2,1-4H3,(H,18,19,20). The monoisotopic (exact) mass is 348 g/mol. The van der Waals surface area contributed by atoms with E-state index in [2.05, 4.69) is 15.3 Å². The lowest BCUT2D eigenvalue weighted by Crippen LogP contribution is -2.30. The van der Waals surface area contributed by atoms with E-state index in [1.807, 2.05) is 45.9 Å². The molecule has 1 heterocycles. The number of aromatic nitrogens is 2. The van der Waals surface area contributed by atoms with Gasteiger partial charge in [-0.05, 0) is 31.5 Å². The minimum atomic E-state index is -3.40. The Labute approximate surface area is 144 Å². The molecule has 1 aromatic carbocycles. The quantitative estimate of drug-likeness (QED) is 0.833. The molecule has 2 aromatic rings. The van der Waals surface area contributed by atoms with Crippen LogP contribution in [0.25, 0.3) is 0 Å². The summed E-state index contributed by atoms with van der Waals surface area (Å²) in [7, 11) is -3.40. The second kappa shape index (κ2) is 7.72. The van der Waals surface area contributed by atoms with Crippen molar-refractivity contribution in [3.05, 3.63) is 47.4 Å². The summed E-state index contributed by atoms with van der Waals surface area (Å²) in [6.45, 7) is 8.96. The van der Waals surface area contributed by atoms with Gasteiger partial charge in [-0.1, -0.05) is 26.0 Å². The van der Waals surface area contributed by atoms with Crippen molar-refractivity contribution in [2.24, 2.45) is 0 Å². The van der Waals surface area contributed by atoms with Crippen molar-refractivity contribution in [1.29, 1.82) is 0 Å². The number of benzene rings is 1. The van der Waals surface area contributed by atoms with Gasteiger partial charge in [-0.25, -0.2) is 18.4 Å². The van der Waals surface area contributed by atoms with Crippen molar-refractivity contribution < 1.29 is 8.42 Å². The van der Waals surface area contributed by atoms with E-state index in [1.54, 1.807) is 12.1 Å². The molecule has 0 aliphatic carbocycles. The lowest BCUT2D eigenvalue weighted by molar-refractivity contribution is 0.445. The van der Waals surface area contributed by atoms with Gasteiger partial charge in [-0.15, -0.1) is 0 Å². The van der Waals surface area contributed by atoms with Crippen molar-refractivity contribution in [1.82, 2.24) is 14.3 Å². The number of hydrogen-bond acceptors (Lipinski definition) is 5. The zero-order chi connectivity index (χ0) is 17.7. The molecule has 0 fully saturated rings. The highest BCUT2D eigenvalue weighted by Crippen LogP contribution is 2.17. The minimum absolute atomic E-state index is 0.323. The molecule has 0 saturated carbocycles. The first-order chi connectivity index (χ1) is 11.4. The zero-order valence-electron chi connectivity index (χ0n) is 14.6. The molecular formula is C17H24N4O2S. The Morgan fingerprint density at radius 2 is 1.67 bits per heavy atom. The minimum Gasteiger partial charge on any atom is -0.366 e. The first kappa shape index (κ1) is 18.4. The van der Waals surface area contributed by atoms with Crippen LogP contribution in [0.1, 0.15) is 30.9 Å². The predicted octanol–water partition coefficient (Wildman–Crippen LogP) is 2.74. The van der Waals surface area contributed by atoms with Crippen LogP contribution in [-0.2, 0) is 16.6 Å². The molecule has 0 bridgehead atoms. The van der Waals surface area contributed by atoms with Crippen molar-refractivity contribution >= 4 is 15.8 Å². The van der Waals surface area contributed by atoms with E-state index in [4.69, 9.17) is 0 Å². The highest BCUT2D eigenvalue weighted by Gasteiger charge is 2.21. The normalized spacial score (nSPS) is 11.7. The maximum atomic E-state index is 12.5. The van der Waals surface area contributed by atoms with Crippen molar-refractivity contribution in [2.45, 2.75) is 39.1 Å². The molecule has 0 unspecified atom stereocenters. The van der Waals surface area contributed by atoms with E-state index in [1.165, 1.54) is 4.31 Å². The molecule has 130 valence electrons. The summed E-state index contributed by atoms with van der Waals surface area (Å²) in [5.41, 5.74) is 1.90. The first-order valence-electron chi connectivity index (χ1n) is 8.02. The largest absolute Gasteiger partial charge is 0.366 e. The SMILES string of the molecule is CCN(CC)S(=O)(=O)c1ccc(CNc2cc(C)nc(C)n2)cc1. The van der Waals surface area contributed by atoms with Gasteiger partial charge in [0, 0.05) is 31.4 Å². The maximum absolute atomic E-state index is 12.5. The Balaban J connectivity index is 2.09. The summed E-state index contributed by atoms with van der Waals surface area (Å²) in [6.07, 6.45) is 0. The van der Waals surface area contributed by atoms with Crippen LogP contribution in [-0.4, -0.2) is 35.8 Å². The number of nitrogens with zero attached hydrogens (tertiary/aromatic N) is 3. The summed E-state index contributed by atoms with van der Waals surface area (Å²) in [5.74, 6) is 1.48. The highest BCUT2D eigenvalue weighted by atomic mass is 32.2. The zero-order valence-corrected chi connectivity index (χ0v) is 15.4. The lowest BCUT2D eigenvalue weighted by Gasteiger charge is -2.18. The molecule has 1 aromatic heterocycles. The van der Waals surface area contributed by atoms with E-state index in [-0.39, 0.29) is 0 Å². The van der Waals surface area contributed by atoms with Gasteiger partial charge >= 0.3 is 0 Å². The fourth-order valence-electron chi connectivity index (χ4n) is 2.49. The van der Waals surface area contributed by atoms with Crippen molar-refractivity contribution in [2.75, 3.05) is 18.4 Å². The Hall–Kier alpha value is -1.99. The predicted molar refractivity (Wildman–Crippen MR) is 95.4 cm³/mol. The van der Waals surface area contributed by atoms with E-state index in [0.717, 1.165) is 22.9 Å². The number of rotatable bonds is 7. The summed E-state index contributed by atoms with van der Waals surface area (Å²) in [5, 5.41) is 3.23. The summed E-state index contributed by atoms with van der Waals surface area (Å²) < 4.78 is 26.4. The Kier molecular flexibility index (Phi) is 5.90. The second-order valence-electron chi connectivity index (χ2n) is 5.53. The van der Waals surface area contributed by atoms with Crippen LogP contribution < -0.4 is 5.32 Å². The second-order valence-corrected chi connectivity index (χ2v) is 7.47. The molecule has 6 nitrogen and oxygen atoms in total. The number of hydrogen-bond donors (Lipinski definition) is 1. The lowest BCUT2D eigenvalue weighted by atomic mass is 10.2. The van der Waals surface area contributed by atoms with Gasteiger partial charge in [0.05, 0.1) is 4.90 Å². The van der Waals surface area contributed by atoms with Crippen LogP contribution in [0.4, 0.5) is 5.82 Å². The molecule has 0 radical (unpaired) electrons. The average molecular weight is 348 g/mol. The van der Waals surface area contributed by atoms with Crippen LogP contribution >= 0.6 is 0 Å². The topological polar surface area (TPSA) is 75.2 Å². The van der Waals surface area contributed by atoms with Gasteiger partial charge in [0.2, 0.25) is 10.0 Å². The smallest absolute Gasteiger partial charge is 0.243 e. The molecule has 0 saturated heterocycles. The number of sulfonamides is 1. The van der Waals surface area contributed by atoms with Crippen LogP contribution in [0.2, 0.25) is 0 Å². The number of anilines is 1. The third-order valence-corrected chi connectivity index (χ3v) is 5.77. The molecule has 0 aliphatic rings. The Morgan fingerprint density at radius 3 is 2.21 bits per heavy atom. The van der Waals surface area contributed by atoms with Gasteiger partial charge in [0.1, 0.15) is 11.6 Å². The number of aryl methyl sites for hydroxylation is 2. The Bertz CT molecular complexity index is 764. The van der Waals surface area contributed by atoms with E-state index < -0.39 is 10.0 Å². The van der Waals surface area contributed by atoms with Gasteiger partial charge in [-0.3, -0.25) is 0 Å². The summed E-state index contributed by atoms with van der Waals surface area (Å²) in [6, 6.07) is 8.84. The van der Waals surface area contributed by atoms with Crippen molar-refractivity contribution in [3.63, 3.8) is 0 Å². The number of nitrogens with one attached hydrogen (secondary N) is 1. The molecule has 0 amide bonds. The van der Waals surface area contributed by atoms with Crippen LogP contribution in [0.15, 0.2) is 35.2 Å². The molecule has 0 spiro atoms. The third kappa shape index (κ3) is 4.30.